The number of benzene rings is 1. The zero-order chi connectivity index (χ0) is 15.7. The first kappa shape index (κ1) is 15.2. The lowest BCUT2D eigenvalue weighted by atomic mass is 9.72. The van der Waals surface area contributed by atoms with Gasteiger partial charge >= 0.3 is 0 Å². The molecule has 5 nitrogen and oxygen atoms in total. The van der Waals surface area contributed by atoms with Crippen LogP contribution in [0.2, 0.25) is 0 Å². The van der Waals surface area contributed by atoms with E-state index in [2.05, 4.69) is 6.92 Å². The van der Waals surface area contributed by atoms with Crippen LogP contribution in [0.15, 0.2) is 12.1 Å². The van der Waals surface area contributed by atoms with Crippen LogP contribution < -0.4 is 4.74 Å². The third-order valence-corrected chi connectivity index (χ3v) is 4.89. The van der Waals surface area contributed by atoms with Crippen LogP contribution in [0.1, 0.15) is 63.0 Å². The number of unbranched alkanes of at least 4 members (excludes halogenated alkanes) is 3. The first-order chi connectivity index (χ1) is 10.6. The topological polar surface area (TPSA) is 76.8 Å². The molecule has 5 heteroatoms. The Morgan fingerprint density at radius 2 is 2.05 bits per heavy atom. The molecule has 1 aromatic rings. The molecule has 3 rings (SSSR count). The lowest BCUT2D eigenvalue weighted by molar-refractivity contribution is -0.138. The fourth-order valence-corrected chi connectivity index (χ4v) is 3.45. The average molecular weight is 304 g/mol. The highest BCUT2D eigenvalue weighted by atomic mass is 16.5. The van der Waals surface area contributed by atoms with Crippen LogP contribution in [-0.2, 0) is 5.54 Å². The molecular formula is C17H24N2O3. The number of aromatic hydroxyl groups is 1. The van der Waals surface area contributed by atoms with E-state index in [0.29, 0.717) is 17.9 Å². The van der Waals surface area contributed by atoms with Crippen molar-refractivity contribution >= 4 is 5.84 Å². The smallest absolute Gasteiger partial charge is 0.157 e. The van der Waals surface area contributed by atoms with Crippen LogP contribution in [0.25, 0.3) is 0 Å². The normalized spacial score (nSPS) is 18.5. The molecule has 0 radical (unpaired) electrons. The molecule has 0 atom stereocenters. The molecule has 120 valence electrons. The van der Waals surface area contributed by atoms with E-state index < -0.39 is 5.54 Å². The van der Waals surface area contributed by atoms with E-state index in [1.54, 1.807) is 6.07 Å². The SMILES string of the molecule is CCCCCCOc1cc(O)c2c(c1)C1(CCC1)N(O)C2=N. The molecule has 0 bridgehead atoms. The van der Waals surface area contributed by atoms with Crippen molar-refractivity contribution < 1.29 is 15.1 Å². The summed E-state index contributed by atoms with van der Waals surface area (Å²) in [7, 11) is 0. The molecule has 3 N–H and O–H groups in total. The summed E-state index contributed by atoms with van der Waals surface area (Å²) in [6.45, 7) is 2.80. The highest BCUT2D eigenvalue weighted by Crippen LogP contribution is 2.54. The Morgan fingerprint density at radius 1 is 1.27 bits per heavy atom. The van der Waals surface area contributed by atoms with E-state index >= 15 is 0 Å². The minimum absolute atomic E-state index is 0.0123. The third kappa shape index (κ3) is 2.24. The Bertz CT molecular complexity index is 582. The van der Waals surface area contributed by atoms with Crippen LogP contribution >= 0.6 is 0 Å². The zero-order valence-electron chi connectivity index (χ0n) is 13.1. The number of fused-ring (bicyclic) bond motifs is 2. The fourth-order valence-electron chi connectivity index (χ4n) is 3.45. The largest absolute Gasteiger partial charge is 0.507 e. The second kappa shape index (κ2) is 5.80. The molecule has 0 aromatic heterocycles. The fraction of sp³-hybridized carbons (Fsp3) is 0.588. The van der Waals surface area contributed by atoms with Gasteiger partial charge in [0.15, 0.2) is 5.84 Å². The number of hydrogen-bond acceptors (Lipinski definition) is 4. The molecular weight excluding hydrogens is 280 g/mol. The second-order valence-electron chi connectivity index (χ2n) is 6.32. The van der Waals surface area contributed by atoms with Gasteiger partial charge in [-0.1, -0.05) is 26.2 Å². The van der Waals surface area contributed by atoms with Crippen LogP contribution in [0.5, 0.6) is 11.5 Å². The third-order valence-electron chi connectivity index (χ3n) is 4.89. The number of phenolic OH excluding ortho intramolecular Hbond substituents is 1. The number of ether oxygens (including phenoxy) is 1. The quantitative estimate of drug-likeness (QED) is 0.699. The predicted octanol–water partition coefficient (Wildman–Crippen LogP) is 3.76. The molecule has 1 aromatic carbocycles. The van der Waals surface area contributed by atoms with Gasteiger partial charge in [-0.15, -0.1) is 0 Å². The maximum Gasteiger partial charge on any atom is 0.157 e. The molecule has 1 aliphatic carbocycles. The molecule has 0 amide bonds. The summed E-state index contributed by atoms with van der Waals surface area (Å²) in [5.74, 6) is 0.637. The summed E-state index contributed by atoms with van der Waals surface area (Å²) < 4.78 is 5.76. The van der Waals surface area contributed by atoms with Crippen molar-refractivity contribution in [2.45, 2.75) is 57.4 Å². The molecule has 1 fully saturated rings. The van der Waals surface area contributed by atoms with Gasteiger partial charge in [-0.3, -0.25) is 10.6 Å². The monoisotopic (exact) mass is 304 g/mol. The maximum absolute atomic E-state index is 10.2. The van der Waals surface area contributed by atoms with Crippen molar-refractivity contribution in [3.05, 3.63) is 23.3 Å². The molecule has 0 saturated heterocycles. The Morgan fingerprint density at radius 3 is 2.68 bits per heavy atom. The van der Waals surface area contributed by atoms with Crippen molar-refractivity contribution in [3.8, 4) is 11.5 Å². The maximum atomic E-state index is 10.2. The highest BCUT2D eigenvalue weighted by Gasteiger charge is 2.53. The first-order valence-corrected chi connectivity index (χ1v) is 8.18. The van der Waals surface area contributed by atoms with Crippen LogP contribution in [0.4, 0.5) is 0 Å². The summed E-state index contributed by atoms with van der Waals surface area (Å²) in [6.07, 6.45) is 7.17. The van der Waals surface area contributed by atoms with E-state index in [1.807, 2.05) is 6.07 Å². The van der Waals surface area contributed by atoms with E-state index in [-0.39, 0.29) is 11.6 Å². The van der Waals surface area contributed by atoms with Crippen LogP contribution in [-0.4, -0.2) is 27.8 Å². The number of amidine groups is 1. The number of nitrogens with one attached hydrogen (secondary N) is 1. The van der Waals surface area contributed by atoms with Gasteiger partial charge < -0.3 is 9.84 Å². The van der Waals surface area contributed by atoms with Crippen LogP contribution in [0.3, 0.4) is 0 Å². The van der Waals surface area contributed by atoms with Crippen molar-refractivity contribution in [1.29, 1.82) is 5.41 Å². The number of hydroxylamine groups is 2. The molecule has 22 heavy (non-hydrogen) atoms. The summed E-state index contributed by atoms with van der Waals surface area (Å²) >= 11 is 0. The van der Waals surface area contributed by atoms with Gasteiger partial charge in [0.1, 0.15) is 11.5 Å². The van der Waals surface area contributed by atoms with Gasteiger partial charge in [0.25, 0.3) is 0 Å². The summed E-state index contributed by atoms with van der Waals surface area (Å²) in [4.78, 5) is 0. The lowest BCUT2D eigenvalue weighted by Crippen LogP contribution is -2.46. The van der Waals surface area contributed by atoms with Gasteiger partial charge in [0.2, 0.25) is 0 Å². The van der Waals surface area contributed by atoms with Crippen molar-refractivity contribution in [3.63, 3.8) is 0 Å². The Labute approximate surface area is 131 Å². The van der Waals surface area contributed by atoms with Crippen molar-refractivity contribution in [2.24, 2.45) is 0 Å². The zero-order valence-corrected chi connectivity index (χ0v) is 13.1. The molecule has 1 saturated carbocycles. The predicted molar refractivity (Wildman–Crippen MR) is 83.7 cm³/mol. The van der Waals surface area contributed by atoms with Crippen molar-refractivity contribution in [1.82, 2.24) is 5.06 Å². The molecule has 1 aliphatic heterocycles. The van der Waals surface area contributed by atoms with Gasteiger partial charge in [-0.25, -0.2) is 5.06 Å². The molecule has 2 aliphatic rings. The number of hydrogen-bond donors (Lipinski definition) is 3. The average Bonchev–Trinajstić information content (AvgIpc) is 2.67. The minimum Gasteiger partial charge on any atom is -0.507 e. The van der Waals surface area contributed by atoms with E-state index in [0.717, 1.165) is 42.7 Å². The minimum atomic E-state index is -0.522. The number of rotatable bonds is 6. The van der Waals surface area contributed by atoms with Gasteiger partial charge in [-0.05, 0) is 37.3 Å². The summed E-state index contributed by atoms with van der Waals surface area (Å²) in [6, 6.07) is 3.44. The van der Waals surface area contributed by atoms with Crippen molar-refractivity contribution in [2.75, 3.05) is 6.61 Å². The van der Waals surface area contributed by atoms with Gasteiger partial charge in [0, 0.05) is 6.07 Å². The molecule has 1 spiro atoms. The number of phenols is 1. The molecule has 1 heterocycles. The summed E-state index contributed by atoms with van der Waals surface area (Å²) in [5, 5.41) is 29.5. The summed E-state index contributed by atoms with van der Waals surface area (Å²) in [5.41, 5.74) is 0.751. The Hall–Kier alpha value is -1.75. The Kier molecular flexibility index (Phi) is 4.00. The standard InChI is InChI=1S/C17H24N2O3/c1-2-3-4-5-9-22-12-10-13-15(14(20)11-12)16(18)19(21)17(13)7-6-8-17/h10-11,18,20-21H,2-9H2,1H3. The van der Waals surface area contributed by atoms with Gasteiger partial charge in [0.05, 0.1) is 17.7 Å². The Balaban J connectivity index is 1.79. The van der Waals surface area contributed by atoms with Gasteiger partial charge in [-0.2, -0.15) is 0 Å². The second-order valence-corrected chi connectivity index (χ2v) is 6.32. The molecule has 0 unspecified atom stereocenters. The highest BCUT2D eigenvalue weighted by molar-refractivity contribution is 6.03. The van der Waals surface area contributed by atoms with E-state index in [4.69, 9.17) is 10.1 Å². The lowest BCUT2D eigenvalue weighted by Gasteiger charge is -2.43. The van der Waals surface area contributed by atoms with E-state index in [9.17, 15) is 10.3 Å². The first-order valence-electron chi connectivity index (χ1n) is 8.18. The number of nitrogens with zero attached hydrogens (tertiary/aromatic N) is 1. The van der Waals surface area contributed by atoms with Crippen LogP contribution in [0, 0.1) is 5.41 Å². The van der Waals surface area contributed by atoms with E-state index in [1.165, 1.54) is 12.8 Å².